The molecule has 2 aromatic heterocycles. The van der Waals surface area contributed by atoms with Gasteiger partial charge in [-0.2, -0.15) is 0 Å². The predicted molar refractivity (Wildman–Crippen MR) is 117 cm³/mol. The molecule has 1 aromatic carbocycles. The third-order valence-electron chi connectivity index (χ3n) is 4.67. The van der Waals surface area contributed by atoms with Crippen molar-refractivity contribution in [3.8, 4) is 5.75 Å². The lowest BCUT2D eigenvalue weighted by molar-refractivity contribution is 0.376. The monoisotopic (exact) mass is 410 g/mol. The largest absolute Gasteiger partial charge is 0.497 e. The van der Waals surface area contributed by atoms with Gasteiger partial charge in [-0.15, -0.1) is 0 Å². The molecule has 0 aliphatic rings. The van der Waals surface area contributed by atoms with E-state index in [-0.39, 0.29) is 0 Å². The third-order valence-corrected chi connectivity index (χ3v) is 4.67. The van der Waals surface area contributed by atoms with Gasteiger partial charge in [-0.05, 0) is 42.2 Å². The van der Waals surface area contributed by atoms with Crippen molar-refractivity contribution >= 4 is 5.96 Å². The molecule has 30 heavy (non-hydrogen) atoms. The number of nitrogens with zero attached hydrogens (tertiary/aromatic N) is 2. The summed E-state index contributed by atoms with van der Waals surface area (Å²) in [5.74, 6) is 3.62. The first-order chi connectivity index (χ1) is 14.6. The summed E-state index contributed by atoms with van der Waals surface area (Å²) in [4.78, 5) is 4.65. The van der Waals surface area contributed by atoms with E-state index in [1.54, 1.807) is 13.4 Å². The summed E-state index contributed by atoms with van der Waals surface area (Å²) >= 11 is 0. The first-order valence-electron chi connectivity index (χ1n) is 10.3. The van der Waals surface area contributed by atoms with Crippen LogP contribution < -0.4 is 15.4 Å². The molecule has 0 fully saturated rings. The molecule has 0 aliphatic carbocycles. The van der Waals surface area contributed by atoms with E-state index < -0.39 is 0 Å². The lowest BCUT2D eigenvalue weighted by Gasteiger charge is -2.12. The zero-order chi connectivity index (χ0) is 21.2. The minimum atomic E-state index is 0.333. The number of furan rings is 1. The summed E-state index contributed by atoms with van der Waals surface area (Å²) < 4.78 is 16.0. The number of ether oxygens (including phenoxy) is 1. The quantitative estimate of drug-likeness (QED) is 0.389. The summed E-state index contributed by atoms with van der Waals surface area (Å²) in [5.41, 5.74) is 2.18. The molecular weight excluding hydrogens is 380 g/mol. The minimum Gasteiger partial charge on any atom is -0.497 e. The predicted octanol–water partition coefficient (Wildman–Crippen LogP) is 3.92. The topological polar surface area (TPSA) is 84.8 Å². The van der Waals surface area contributed by atoms with Gasteiger partial charge in [-0.3, -0.25) is 0 Å². The molecule has 0 radical (unpaired) electrons. The Bertz CT molecular complexity index is 899. The zero-order valence-electron chi connectivity index (χ0n) is 17.9. The Kier molecular flexibility index (Phi) is 7.94. The van der Waals surface area contributed by atoms with Crippen molar-refractivity contribution in [2.24, 2.45) is 4.99 Å². The van der Waals surface area contributed by atoms with Gasteiger partial charge in [0.25, 0.3) is 0 Å². The fraction of sp³-hybridized carbons (Fsp3) is 0.391. The van der Waals surface area contributed by atoms with E-state index in [2.05, 4.69) is 46.8 Å². The first-order valence-corrected chi connectivity index (χ1v) is 10.3. The standard InChI is InChI=1S/C23H30N4O3/c1-17(2)22-15-21(30-27-22)16-26-23(25-13-11-20-5-4-14-29-20)24-12-10-18-6-8-19(28-3)9-7-18/h4-9,14-15,17H,10-13,16H2,1-3H3,(H2,24,25,26). The van der Waals surface area contributed by atoms with Crippen LogP contribution >= 0.6 is 0 Å². The number of benzene rings is 1. The molecule has 2 heterocycles. The Balaban J connectivity index is 1.55. The first kappa shape index (κ1) is 21.5. The number of guanidine groups is 1. The lowest BCUT2D eigenvalue weighted by atomic mass is 10.1. The molecule has 0 atom stereocenters. The molecule has 0 saturated carbocycles. The van der Waals surface area contributed by atoms with Crippen LogP contribution in [-0.4, -0.2) is 31.3 Å². The SMILES string of the molecule is COc1ccc(CCNC(=NCc2cc(C(C)C)no2)NCCc2ccco2)cc1. The van der Waals surface area contributed by atoms with E-state index in [9.17, 15) is 0 Å². The van der Waals surface area contributed by atoms with Gasteiger partial charge in [0, 0.05) is 25.6 Å². The van der Waals surface area contributed by atoms with Crippen molar-refractivity contribution in [1.82, 2.24) is 15.8 Å². The van der Waals surface area contributed by atoms with Gasteiger partial charge in [0.05, 0.1) is 19.1 Å². The van der Waals surface area contributed by atoms with Gasteiger partial charge in [-0.25, -0.2) is 4.99 Å². The summed E-state index contributed by atoms with van der Waals surface area (Å²) in [6.07, 6.45) is 3.35. The highest BCUT2D eigenvalue weighted by molar-refractivity contribution is 5.79. The summed E-state index contributed by atoms with van der Waals surface area (Å²) in [6.45, 7) is 6.08. The molecule has 0 spiro atoms. The van der Waals surface area contributed by atoms with Crippen molar-refractivity contribution in [2.45, 2.75) is 39.2 Å². The average molecular weight is 411 g/mol. The Morgan fingerprint density at radius 1 is 1.07 bits per heavy atom. The molecule has 160 valence electrons. The summed E-state index contributed by atoms with van der Waals surface area (Å²) in [6, 6.07) is 13.9. The van der Waals surface area contributed by atoms with Crippen LogP contribution in [0.15, 0.2) is 62.7 Å². The van der Waals surface area contributed by atoms with Gasteiger partial charge in [0.2, 0.25) is 0 Å². The van der Waals surface area contributed by atoms with Crippen molar-refractivity contribution in [1.29, 1.82) is 0 Å². The van der Waals surface area contributed by atoms with Crippen LogP contribution in [0.1, 0.15) is 42.5 Å². The molecule has 0 bridgehead atoms. The fourth-order valence-electron chi connectivity index (χ4n) is 2.88. The Hall–Kier alpha value is -3.22. The number of aliphatic imine (C=N–C) groups is 1. The lowest BCUT2D eigenvalue weighted by Crippen LogP contribution is -2.39. The van der Waals surface area contributed by atoms with E-state index in [0.29, 0.717) is 12.5 Å². The zero-order valence-corrected chi connectivity index (χ0v) is 17.9. The summed E-state index contributed by atoms with van der Waals surface area (Å²) in [5, 5.41) is 10.8. The number of hydrogen-bond acceptors (Lipinski definition) is 5. The molecule has 3 aromatic rings. The van der Waals surface area contributed by atoms with E-state index in [1.165, 1.54) is 5.56 Å². The Labute approximate surface area is 177 Å². The number of methoxy groups -OCH3 is 1. The minimum absolute atomic E-state index is 0.333. The number of nitrogens with one attached hydrogen (secondary N) is 2. The maximum atomic E-state index is 5.40. The Morgan fingerprint density at radius 2 is 1.83 bits per heavy atom. The van der Waals surface area contributed by atoms with Crippen LogP contribution in [-0.2, 0) is 19.4 Å². The molecular formula is C23H30N4O3. The van der Waals surface area contributed by atoms with Crippen LogP contribution in [0.2, 0.25) is 0 Å². The number of hydrogen-bond donors (Lipinski definition) is 2. The maximum absolute atomic E-state index is 5.40. The highest BCUT2D eigenvalue weighted by Gasteiger charge is 2.08. The second-order valence-corrected chi connectivity index (χ2v) is 7.32. The van der Waals surface area contributed by atoms with Gasteiger partial charge in [0.15, 0.2) is 11.7 Å². The molecule has 0 aliphatic heterocycles. The molecule has 7 nitrogen and oxygen atoms in total. The highest BCUT2D eigenvalue weighted by Crippen LogP contribution is 2.14. The average Bonchev–Trinajstić information content (AvgIpc) is 3.44. The maximum Gasteiger partial charge on any atom is 0.191 e. The van der Waals surface area contributed by atoms with Gasteiger partial charge in [-0.1, -0.05) is 31.1 Å². The highest BCUT2D eigenvalue weighted by atomic mass is 16.5. The van der Waals surface area contributed by atoms with Gasteiger partial charge < -0.3 is 24.3 Å². The van der Waals surface area contributed by atoms with Crippen LogP contribution in [0.25, 0.3) is 0 Å². The second kappa shape index (κ2) is 11.1. The van der Waals surface area contributed by atoms with Crippen LogP contribution in [0.5, 0.6) is 5.75 Å². The van der Waals surface area contributed by atoms with E-state index in [4.69, 9.17) is 13.7 Å². The molecule has 2 N–H and O–H groups in total. The van der Waals surface area contributed by atoms with E-state index in [1.807, 2.05) is 30.3 Å². The fourth-order valence-corrected chi connectivity index (χ4v) is 2.88. The molecule has 0 unspecified atom stereocenters. The number of aromatic nitrogens is 1. The van der Waals surface area contributed by atoms with Crippen molar-refractivity contribution in [2.75, 3.05) is 20.2 Å². The van der Waals surface area contributed by atoms with Crippen molar-refractivity contribution < 1.29 is 13.7 Å². The molecule has 0 amide bonds. The second-order valence-electron chi connectivity index (χ2n) is 7.32. The third kappa shape index (κ3) is 6.69. The van der Waals surface area contributed by atoms with Crippen molar-refractivity contribution in [3.63, 3.8) is 0 Å². The van der Waals surface area contributed by atoms with E-state index in [0.717, 1.165) is 54.9 Å². The molecule has 0 saturated heterocycles. The normalized spacial score (nSPS) is 11.7. The Morgan fingerprint density at radius 3 is 2.47 bits per heavy atom. The number of rotatable bonds is 10. The summed E-state index contributed by atoms with van der Waals surface area (Å²) in [7, 11) is 1.67. The van der Waals surface area contributed by atoms with Crippen LogP contribution in [0.3, 0.4) is 0 Å². The smallest absolute Gasteiger partial charge is 0.191 e. The van der Waals surface area contributed by atoms with Crippen LogP contribution in [0, 0.1) is 0 Å². The van der Waals surface area contributed by atoms with Crippen molar-refractivity contribution in [3.05, 3.63) is 71.5 Å². The van der Waals surface area contributed by atoms with Gasteiger partial charge in [0.1, 0.15) is 18.1 Å². The van der Waals surface area contributed by atoms with Crippen LogP contribution in [0.4, 0.5) is 0 Å². The molecule has 3 rings (SSSR count). The molecule has 7 heteroatoms. The van der Waals surface area contributed by atoms with Gasteiger partial charge >= 0.3 is 0 Å². The van der Waals surface area contributed by atoms with E-state index >= 15 is 0 Å².